The van der Waals surface area contributed by atoms with Gasteiger partial charge in [0.2, 0.25) is 0 Å². The number of nitrogens with two attached hydrogens (primary N) is 1. The first-order valence-corrected chi connectivity index (χ1v) is 6.74. The van der Waals surface area contributed by atoms with Gasteiger partial charge in [0.15, 0.2) is 5.82 Å². The number of aromatic nitrogens is 2. The summed E-state index contributed by atoms with van der Waals surface area (Å²) in [5.74, 6) is 1.10. The van der Waals surface area contributed by atoms with E-state index in [1.807, 2.05) is 9.47 Å². The van der Waals surface area contributed by atoms with E-state index in [4.69, 9.17) is 5.73 Å². The van der Waals surface area contributed by atoms with Crippen molar-refractivity contribution in [2.24, 2.45) is 11.7 Å². The van der Waals surface area contributed by atoms with E-state index in [0.717, 1.165) is 32.4 Å². The third kappa shape index (κ3) is 2.03. The van der Waals surface area contributed by atoms with Crippen molar-refractivity contribution in [1.29, 1.82) is 0 Å². The minimum atomic E-state index is 0.0433. The lowest BCUT2D eigenvalue weighted by atomic mass is 9.94. The third-order valence-electron chi connectivity index (χ3n) is 4.11. The highest BCUT2D eigenvalue weighted by atomic mass is 16.1. The highest BCUT2D eigenvalue weighted by Crippen LogP contribution is 2.33. The van der Waals surface area contributed by atoms with Gasteiger partial charge in [-0.2, -0.15) is 0 Å². The van der Waals surface area contributed by atoms with Crippen LogP contribution in [-0.2, 0) is 0 Å². The Kier molecular flexibility index (Phi) is 2.86. The molecule has 2 atom stereocenters. The SMILES string of the molecule is CC1CCN(c2nccn(C3CC3)c2=O)CC1N. The number of piperidine rings is 1. The fourth-order valence-electron chi connectivity index (χ4n) is 2.56. The van der Waals surface area contributed by atoms with Crippen LogP contribution in [0.2, 0.25) is 0 Å². The predicted octanol–water partition coefficient (Wildman–Crippen LogP) is 0.752. The highest BCUT2D eigenvalue weighted by molar-refractivity contribution is 5.37. The molecular weight excluding hydrogens is 228 g/mol. The number of nitrogens with zero attached hydrogens (tertiary/aromatic N) is 3. The monoisotopic (exact) mass is 248 g/mol. The van der Waals surface area contributed by atoms with Gasteiger partial charge in [0.05, 0.1) is 0 Å². The molecular formula is C13H20N4O. The minimum Gasteiger partial charge on any atom is -0.350 e. The third-order valence-corrected chi connectivity index (χ3v) is 4.11. The van der Waals surface area contributed by atoms with Gasteiger partial charge < -0.3 is 15.2 Å². The fourth-order valence-corrected chi connectivity index (χ4v) is 2.56. The van der Waals surface area contributed by atoms with Gasteiger partial charge in [-0.15, -0.1) is 0 Å². The molecule has 1 aliphatic carbocycles. The first-order valence-electron chi connectivity index (χ1n) is 6.74. The first kappa shape index (κ1) is 11.7. The predicted molar refractivity (Wildman–Crippen MR) is 70.7 cm³/mol. The Bertz CT molecular complexity index is 494. The van der Waals surface area contributed by atoms with E-state index in [1.54, 1.807) is 12.4 Å². The quantitative estimate of drug-likeness (QED) is 0.839. The number of hydrogen-bond acceptors (Lipinski definition) is 4. The molecule has 1 saturated carbocycles. The Morgan fingerprint density at radius 1 is 1.39 bits per heavy atom. The molecule has 0 bridgehead atoms. The minimum absolute atomic E-state index is 0.0433. The second kappa shape index (κ2) is 4.39. The zero-order valence-corrected chi connectivity index (χ0v) is 10.7. The summed E-state index contributed by atoms with van der Waals surface area (Å²) in [4.78, 5) is 18.7. The van der Waals surface area contributed by atoms with Gasteiger partial charge in [-0.05, 0) is 25.2 Å². The fraction of sp³-hybridized carbons (Fsp3) is 0.692. The molecule has 98 valence electrons. The largest absolute Gasteiger partial charge is 0.350 e. The van der Waals surface area contributed by atoms with Gasteiger partial charge in [0.25, 0.3) is 5.56 Å². The second-order valence-electron chi connectivity index (χ2n) is 5.57. The molecule has 2 N–H and O–H groups in total. The zero-order chi connectivity index (χ0) is 12.7. The van der Waals surface area contributed by atoms with E-state index in [1.165, 1.54) is 0 Å². The summed E-state index contributed by atoms with van der Waals surface area (Å²) in [6.45, 7) is 3.78. The van der Waals surface area contributed by atoms with E-state index in [9.17, 15) is 4.79 Å². The van der Waals surface area contributed by atoms with Crippen molar-refractivity contribution in [2.45, 2.75) is 38.3 Å². The standard InChI is InChI=1S/C13H20N4O/c1-9-4-6-16(8-11(9)14)12-13(18)17(7-5-15-12)10-2-3-10/h5,7,9-11H,2-4,6,8,14H2,1H3. The molecule has 2 unspecified atom stereocenters. The summed E-state index contributed by atoms with van der Waals surface area (Å²) in [7, 11) is 0. The Morgan fingerprint density at radius 3 is 2.83 bits per heavy atom. The number of rotatable bonds is 2. The van der Waals surface area contributed by atoms with Gasteiger partial charge >= 0.3 is 0 Å². The second-order valence-corrected chi connectivity index (χ2v) is 5.57. The average Bonchev–Trinajstić information content (AvgIpc) is 3.17. The summed E-state index contributed by atoms with van der Waals surface area (Å²) in [5, 5.41) is 0. The van der Waals surface area contributed by atoms with Crippen LogP contribution in [0.25, 0.3) is 0 Å². The Morgan fingerprint density at radius 2 is 2.17 bits per heavy atom. The lowest BCUT2D eigenvalue weighted by Crippen LogP contribution is -2.49. The van der Waals surface area contributed by atoms with Crippen molar-refractivity contribution in [3.63, 3.8) is 0 Å². The molecule has 0 amide bonds. The molecule has 3 rings (SSSR count). The Labute approximate surface area is 107 Å². The molecule has 2 fully saturated rings. The molecule has 0 aromatic carbocycles. The molecule has 1 aliphatic heterocycles. The van der Waals surface area contributed by atoms with Gasteiger partial charge in [-0.1, -0.05) is 6.92 Å². The molecule has 1 saturated heterocycles. The molecule has 1 aromatic heterocycles. The molecule has 1 aromatic rings. The molecule has 2 aliphatic rings. The Balaban J connectivity index is 1.88. The lowest BCUT2D eigenvalue weighted by Gasteiger charge is -2.35. The Hall–Kier alpha value is -1.36. The van der Waals surface area contributed by atoms with E-state index < -0.39 is 0 Å². The maximum atomic E-state index is 12.4. The summed E-state index contributed by atoms with van der Waals surface area (Å²) < 4.78 is 1.83. The molecule has 0 radical (unpaired) electrons. The van der Waals surface area contributed by atoms with Crippen molar-refractivity contribution >= 4 is 5.82 Å². The summed E-state index contributed by atoms with van der Waals surface area (Å²) in [5.41, 5.74) is 6.13. The van der Waals surface area contributed by atoms with Crippen molar-refractivity contribution in [2.75, 3.05) is 18.0 Å². The van der Waals surface area contributed by atoms with Gasteiger partial charge in [-0.3, -0.25) is 4.79 Å². The molecule has 0 spiro atoms. The van der Waals surface area contributed by atoms with Crippen LogP contribution in [0.3, 0.4) is 0 Å². The van der Waals surface area contributed by atoms with Gasteiger partial charge in [-0.25, -0.2) is 4.98 Å². The molecule has 5 heteroatoms. The highest BCUT2D eigenvalue weighted by Gasteiger charge is 2.29. The number of anilines is 1. The average molecular weight is 248 g/mol. The maximum Gasteiger partial charge on any atom is 0.293 e. The van der Waals surface area contributed by atoms with Crippen LogP contribution in [0.15, 0.2) is 17.2 Å². The van der Waals surface area contributed by atoms with Crippen LogP contribution in [-0.4, -0.2) is 28.7 Å². The summed E-state index contributed by atoms with van der Waals surface area (Å²) in [6.07, 6.45) is 6.79. The van der Waals surface area contributed by atoms with Crippen molar-refractivity contribution in [3.05, 3.63) is 22.7 Å². The summed E-state index contributed by atoms with van der Waals surface area (Å²) >= 11 is 0. The van der Waals surface area contributed by atoms with Crippen LogP contribution in [0.4, 0.5) is 5.82 Å². The zero-order valence-electron chi connectivity index (χ0n) is 10.7. The lowest BCUT2D eigenvalue weighted by molar-refractivity contribution is 0.377. The maximum absolute atomic E-state index is 12.4. The molecule has 2 heterocycles. The van der Waals surface area contributed by atoms with Gasteiger partial charge in [0.1, 0.15) is 0 Å². The van der Waals surface area contributed by atoms with E-state index >= 15 is 0 Å². The molecule has 5 nitrogen and oxygen atoms in total. The van der Waals surface area contributed by atoms with E-state index in [2.05, 4.69) is 11.9 Å². The normalized spacial score (nSPS) is 28.4. The van der Waals surface area contributed by atoms with E-state index in [0.29, 0.717) is 17.8 Å². The van der Waals surface area contributed by atoms with Crippen LogP contribution < -0.4 is 16.2 Å². The first-order chi connectivity index (χ1) is 8.66. The van der Waals surface area contributed by atoms with Crippen LogP contribution in [0.5, 0.6) is 0 Å². The van der Waals surface area contributed by atoms with Crippen molar-refractivity contribution in [3.8, 4) is 0 Å². The van der Waals surface area contributed by atoms with Crippen LogP contribution >= 0.6 is 0 Å². The number of hydrogen-bond donors (Lipinski definition) is 1. The van der Waals surface area contributed by atoms with E-state index in [-0.39, 0.29) is 11.6 Å². The smallest absolute Gasteiger partial charge is 0.293 e. The topological polar surface area (TPSA) is 64.2 Å². The van der Waals surface area contributed by atoms with Gasteiger partial charge in [0, 0.05) is 37.6 Å². The van der Waals surface area contributed by atoms with Crippen molar-refractivity contribution in [1.82, 2.24) is 9.55 Å². The van der Waals surface area contributed by atoms with Crippen LogP contribution in [0.1, 0.15) is 32.2 Å². The summed E-state index contributed by atoms with van der Waals surface area (Å²) in [6, 6.07) is 0.533. The van der Waals surface area contributed by atoms with Crippen LogP contribution in [0, 0.1) is 5.92 Å². The molecule has 18 heavy (non-hydrogen) atoms. The van der Waals surface area contributed by atoms with Crippen molar-refractivity contribution < 1.29 is 0 Å².